The zero-order valence-electron chi connectivity index (χ0n) is 8.86. The van der Waals surface area contributed by atoms with Gasteiger partial charge in [0.05, 0.1) is 0 Å². The first-order valence-corrected chi connectivity index (χ1v) is 6.74. The molecule has 2 aliphatic heterocycles. The lowest BCUT2D eigenvalue weighted by molar-refractivity contribution is 0.315. The average Bonchev–Trinajstić information content (AvgIpc) is 2.77. The molecule has 2 aliphatic rings. The Hall–Kier alpha value is -0.590. The van der Waals surface area contributed by atoms with Crippen molar-refractivity contribution in [2.24, 2.45) is 0 Å². The molecule has 0 saturated carbocycles. The van der Waals surface area contributed by atoms with Gasteiger partial charge >= 0.3 is 0 Å². The van der Waals surface area contributed by atoms with Crippen LogP contribution in [0, 0.1) is 0 Å². The summed E-state index contributed by atoms with van der Waals surface area (Å²) in [6.45, 7) is 1.54. The molecule has 0 aliphatic carbocycles. The van der Waals surface area contributed by atoms with Crippen LogP contribution in [0.25, 0.3) is 0 Å². The maximum atomic E-state index is 11.2. The summed E-state index contributed by atoms with van der Waals surface area (Å²) in [5.74, 6) is 0. The predicted octanol–water partition coefficient (Wildman–Crippen LogP) is -0.208. The number of rotatable bonds is 4. The third-order valence-corrected chi connectivity index (χ3v) is 4.16. The van der Waals surface area contributed by atoms with Crippen molar-refractivity contribution >= 4 is 10.2 Å². The number of fused-ring (bicyclic) bond motifs is 1. The van der Waals surface area contributed by atoms with Gasteiger partial charge in [-0.25, -0.2) is 9.44 Å². The number of allylic oxidation sites excluding steroid dienone is 1. The van der Waals surface area contributed by atoms with Crippen LogP contribution < -0.4 is 9.44 Å². The second kappa shape index (κ2) is 4.11. The van der Waals surface area contributed by atoms with Crippen molar-refractivity contribution in [3.63, 3.8) is 0 Å². The first-order valence-electron chi connectivity index (χ1n) is 5.26. The highest BCUT2D eigenvalue weighted by atomic mass is 32.2. The Labute approximate surface area is 90.7 Å². The van der Waals surface area contributed by atoms with Gasteiger partial charge in [0.25, 0.3) is 10.2 Å². The van der Waals surface area contributed by atoms with Crippen molar-refractivity contribution in [2.75, 3.05) is 20.1 Å². The maximum absolute atomic E-state index is 11.2. The minimum atomic E-state index is -3.28. The van der Waals surface area contributed by atoms with Crippen LogP contribution in [-0.4, -0.2) is 39.5 Å². The Bertz CT molecular complexity index is 364. The highest BCUT2D eigenvalue weighted by Crippen LogP contribution is 2.31. The SMILES string of the molecule is CNS(=O)(=O)NC[C@H]1CCC2=CCCN21. The summed E-state index contributed by atoms with van der Waals surface area (Å²) in [6.07, 6.45) is 5.50. The summed E-state index contributed by atoms with van der Waals surface area (Å²) in [5, 5.41) is 0. The summed E-state index contributed by atoms with van der Waals surface area (Å²) < 4.78 is 27.2. The first kappa shape index (κ1) is 10.9. The van der Waals surface area contributed by atoms with Crippen molar-refractivity contribution in [1.82, 2.24) is 14.3 Å². The zero-order valence-corrected chi connectivity index (χ0v) is 9.68. The zero-order chi connectivity index (χ0) is 10.9. The smallest absolute Gasteiger partial charge is 0.276 e. The molecule has 0 radical (unpaired) electrons. The fourth-order valence-electron chi connectivity index (χ4n) is 2.25. The molecule has 1 saturated heterocycles. The standard InChI is InChI=1S/C9H17N3O2S/c1-10-15(13,14)11-7-9-5-4-8-3-2-6-12(8)9/h3,9-11H,2,4-7H2,1H3/t9-/m1/s1. The van der Waals surface area contributed by atoms with E-state index in [4.69, 9.17) is 0 Å². The van der Waals surface area contributed by atoms with Crippen LogP contribution >= 0.6 is 0 Å². The molecule has 6 heteroatoms. The van der Waals surface area contributed by atoms with Gasteiger partial charge in [0.1, 0.15) is 0 Å². The predicted molar refractivity (Wildman–Crippen MR) is 58.4 cm³/mol. The summed E-state index contributed by atoms with van der Waals surface area (Å²) >= 11 is 0. The van der Waals surface area contributed by atoms with Gasteiger partial charge in [0.2, 0.25) is 0 Å². The van der Waals surface area contributed by atoms with Crippen molar-refractivity contribution in [2.45, 2.75) is 25.3 Å². The Balaban J connectivity index is 1.89. The van der Waals surface area contributed by atoms with Crippen molar-refractivity contribution in [1.29, 1.82) is 0 Å². The molecule has 0 bridgehead atoms. The van der Waals surface area contributed by atoms with Gasteiger partial charge in [-0.3, -0.25) is 0 Å². The minimum absolute atomic E-state index is 0.335. The van der Waals surface area contributed by atoms with Gasteiger partial charge in [-0.1, -0.05) is 6.08 Å². The molecule has 15 heavy (non-hydrogen) atoms. The van der Waals surface area contributed by atoms with Crippen LogP contribution in [0.1, 0.15) is 19.3 Å². The molecule has 0 aromatic carbocycles. The van der Waals surface area contributed by atoms with Crippen LogP contribution in [0.15, 0.2) is 11.8 Å². The molecule has 2 N–H and O–H groups in total. The molecular weight excluding hydrogens is 214 g/mol. The van der Waals surface area contributed by atoms with E-state index in [9.17, 15) is 8.42 Å². The lowest BCUT2D eigenvalue weighted by atomic mass is 10.2. The molecule has 1 fully saturated rings. The first-order chi connectivity index (χ1) is 7.12. The van der Waals surface area contributed by atoms with E-state index in [-0.39, 0.29) is 0 Å². The molecule has 0 aromatic rings. The second-order valence-corrected chi connectivity index (χ2v) is 5.63. The third kappa shape index (κ3) is 2.32. The number of hydrogen-bond donors (Lipinski definition) is 2. The van der Waals surface area contributed by atoms with E-state index in [2.05, 4.69) is 20.4 Å². The lowest BCUT2D eigenvalue weighted by Crippen LogP contribution is -2.42. The van der Waals surface area contributed by atoms with E-state index < -0.39 is 10.2 Å². The van der Waals surface area contributed by atoms with E-state index in [1.54, 1.807) is 0 Å². The maximum Gasteiger partial charge on any atom is 0.276 e. The topological polar surface area (TPSA) is 61.4 Å². The molecular formula is C9H17N3O2S. The molecule has 86 valence electrons. The van der Waals surface area contributed by atoms with Gasteiger partial charge in [0, 0.05) is 31.9 Å². The van der Waals surface area contributed by atoms with Crippen LogP contribution in [0.2, 0.25) is 0 Å². The van der Waals surface area contributed by atoms with Crippen LogP contribution in [0.5, 0.6) is 0 Å². The van der Waals surface area contributed by atoms with E-state index in [0.717, 1.165) is 25.8 Å². The fourth-order valence-corrected chi connectivity index (χ4v) is 2.81. The third-order valence-electron chi connectivity index (χ3n) is 3.07. The second-order valence-electron chi connectivity index (χ2n) is 3.93. The molecule has 0 unspecified atom stereocenters. The van der Waals surface area contributed by atoms with E-state index >= 15 is 0 Å². The van der Waals surface area contributed by atoms with Crippen molar-refractivity contribution < 1.29 is 8.42 Å². The van der Waals surface area contributed by atoms with Gasteiger partial charge in [-0.05, 0) is 19.3 Å². The van der Waals surface area contributed by atoms with Gasteiger partial charge in [-0.15, -0.1) is 0 Å². The van der Waals surface area contributed by atoms with Crippen LogP contribution in [-0.2, 0) is 10.2 Å². The summed E-state index contributed by atoms with van der Waals surface area (Å²) in [7, 11) is -1.87. The highest BCUT2D eigenvalue weighted by molar-refractivity contribution is 7.87. The van der Waals surface area contributed by atoms with Crippen LogP contribution in [0.4, 0.5) is 0 Å². The molecule has 0 aromatic heterocycles. The number of hydrogen-bond acceptors (Lipinski definition) is 3. The van der Waals surface area contributed by atoms with Crippen molar-refractivity contribution in [3.8, 4) is 0 Å². The van der Waals surface area contributed by atoms with E-state index in [1.165, 1.54) is 12.7 Å². The average molecular weight is 231 g/mol. The molecule has 2 rings (SSSR count). The van der Waals surface area contributed by atoms with Gasteiger partial charge < -0.3 is 4.90 Å². The molecule has 0 amide bonds. The van der Waals surface area contributed by atoms with Gasteiger partial charge in [0.15, 0.2) is 0 Å². The molecule has 0 spiro atoms. The van der Waals surface area contributed by atoms with E-state index in [1.807, 2.05) is 0 Å². The van der Waals surface area contributed by atoms with E-state index in [0.29, 0.717) is 12.6 Å². The summed E-state index contributed by atoms with van der Waals surface area (Å²) in [6, 6.07) is 0.335. The highest BCUT2D eigenvalue weighted by Gasteiger charge is 2.30. The quantitative estimate of drug-likeness (QED) is 0.704. The summed E-state index contributed by atoms with van der Waals surface area (Å²) in [5.41, 5.74) is 1.39. The van der Waals surface area contributed by atoms with Crippen molar-refractivity contribution in [3.05, 3.63) is 11.8 Å². The molecule has 2 heterocycles. The normalized spacial score (nSPS) is 25.5. The Morgan fingerprint density at radius 3 is 3.13 bits per heavy atom. The lowest BCUT2D eigenvalue weighted by Gasteiger charge is -2.24. The Morgan fingerprint density at radius 2 is 2.40 bits per heavy atom. The number of nitrogens with zero attached hydrogens (tertiary/aromatic N) is 1. The largest absolute Gasteiger partial charge is 0.370 e. The van der Waals surface area contributed by atoms with Crippen LogP contribution in [0.3, 0.4) is 0 Å². The monoisotopic (exact) mass is 231 g/mol. The Morgan fingerprint density at radius 1 is 1.60 bits per heavy atom. The Kier molecular flexibility index (Phi) is 2.99. The molecule has 5 nitrogen and oxygen atoms in total. The number of nitrogens with one attached hydrogen (secondary N) is 2. The molecule has 1 atom stereocenters. The minimum Gasteiger partial charge on any atom is -0.370 e. The fraction of sp³-hybridized carbons (Fsp3) is 0.778. The summed E-state index contributed by atoms with van der Waals surface area (Å²) in [4.78, 5) is 2.32. The van der Waals surface area contributed by atoms with Gasteiger partial charge in [-0.2, -0.15) is 8.42 Å².